The Balaban J connectivity index is 3.21. The van der Waals surface area contributed by atoms with Gasteiger partial charge in [-0.15, -0.1) is 0 Å². The Hall–Kier alpha value is -1.76. The van der Waals surface area contributed by atoms with Gasteiger partial charge in [0, 0.05) is 0 Å². The number of benzene rings is 1. The van der Waals surface area contributed by atoms with Crippen molar-refractivity contribution >= 4 is 5.69 Å². The van der Waals surface area contributed by atoms with E-state index in [4.69, 9.17) is 15.7 Å². The Morgan fingerprint density at radius 1 is 1.62 bits per heavy atom. The number of halogens is 1. The van der Waals surface area contributed by atoms with Gasteiger partial charge in [-0.2, -0.15) is 5.26 Å². The van der Waals surface area contributed by atoms with Crippen molar-refractivity contribution in [3.63, 3.8) is 0 Å². The van der Waals surface area contributed by atoms with Crippen molar-refractivity contribution in [2.75, 3.05) is 12.3 Å². The van der Waals surface area contributed by atoms with E-state index in [2.05, 4.69) is 0 Å². The SMILES string of the molecule is CCOc1ccc(N)c(C#N)c1F. The minimum absolute atomic E-state index is 0.0632. The lowest BCUT2D eigenvalue weighted by Crippen LogP contribution is -1.99. The van der Waals surface area contributed by atoms with Gasteiger partial charge in [0.2, 0.25) is 0 Å². The summed E-state index contributed by atoms with van der Waals surface area (Å²) < 4.78 is 18.2. The lowest BCUT2D eigenvalue weighted by Gasteiger charge is -2.06. The van der Waals surface area contributed by atoms with Crippen molar-refractivity contribution in [1.29, 1.82) is 5.26 Å². The summed E-state index contributed by atoms with van der Waals surface area (Å²) >= 11 is 0. The highest BCUT2D eigenvalue weighted by Crippen LogP contribution is 2.24. The van der Waals surface area contributed by atoms with Crippen molar-refractivity contribution in [2.45, 2.75) is 6.92 Å². The number of rotatable bonds is 2. The first kappa shape index (κ1) is 9.33. The molecule has 13 heavy (non-hydrogen) atoms. The molecule has 0 heterocycles. The van der Waals surface area contributed by atoms with Crippen molar-refractivity contribution < 1.29 is 9.13 Å². The van der Waals surface area contributed by atoms with Gasteiger partial charge in [-0.1, -0.05) is 0 Å². The molecule has 4 heteroatoms. The Labute approximate surface area is 75.5 Å². The van der Waals surface area contributed by atoms with Crippen LogP contribution in [0.5, 0.6) is 5.75 Å². The third-order valence-electron chi connectivity index (χ3n) is 1.55. The van der Waals surface area contributed by atoms with Crippen LogP contribution in [-0.4, -0.2) is 6.61 Å². The number of nitriles is 1. The number of anilines is 1. The van der Waals surface area contributed by atoms with E-state index in [1.165, 1.54) is 12.1 Å². The standard InChI is InChI=1S/C9H9FN2O/c1-2-13-8-4-3-7(12)6(5-11)9(8)10/h3-4H,2,12H2,1H3. The third kappa shape index (κ3) is 1.70. The Morgan fingerprint density at radius 2 is 2.31 bits per heavy atom. The lowest BCUT2D eigenvalue weighted by atomic mass is 10.2. The van der Waals surface area contributed by atoms with Crippen LogP contribution in [0.4, 0.5) is 10.1 Å². The van der Waals surface area contributed by atoms with Crippen LogP contribution in [0.2, 0.25) is 0 Å². The van der Waals surface area contributed by atoms with Gasteiger partial charge in [0.25, 0.3) is 0 Å². The predicted molar refractivity (Wildman–Crippen MR) is 46.7 cm³/mol. The van der Waals surface area contributed by atoms with Crippen LogP contribution in [0.25, 0.3) is 0 Å². The fourth-order valence-electron chi connectivity index (χ4n) is 0.952. The molecule has 3 nitrogen and oxygen atoms in total. The molecule has 0 unspecified atom stereocenters. The van der Waals surface area contributed by atoms with Gasteiger partial charge in [0.05, 0.1) is 12.3 Å². The monoisotopic (exact) mass is 180 g/mol. The molecule has 1 aromatic rings. The second-order valence-electron chi connectivity index (χ2n) is 2.39. The van der Waals surface area contributed by atoms with E-state index < -0.39 is 5.82 Å². The van der Waals surface area contributed by atoms with Crippen LogP contribution >= 0.6 is 0 Å². The van der Waals surface area contributed by atoms with Gasteiger partial charge in [-0.05, 0) is 19.1 Å². The minimum atomic E-state index is -0.690. The molecule has 0 aliphatic carbocycles. The van der Waals surface area contributed by atoms with Crippen LogP contribution in [0.1, 0.15) is 12.5 Å². The molecule has 0 radical (unpaired) electrons. The Kier molecular flexibility index (Phi) is 2.70. The Morgan fingerprint density at radius 3 is 2.85 bits per heavy atom. The smallest absolute Gasteiger partial charge is 0.184 e. The zero-order valence-corrected chi connectivity index (χ0v) is 7.17. The van der Waals surface area contributed by atoms with Crippen LogP contribution in [0.15, 0.2) is 12.1 Å². The number of ether oxygens (including phenoxy) is 1. The first-order valence-electron chi connectivity index (χ1n) is 3.81. The van der Waals surface area contributed by atoms with Crippen LogP contribution < -0.4 is 10.5 Å². The quantitative estimate of drug-likeness (QED) is 0.704. The van der Waals surface area contributed by atoms with Gasteiger partial charge < -0.3 is 10.5 Å². The molecule has 0 fully saturated rings. The maximum atomic E-state index is 13.3. The number of nitrogen functional groups attached to an aromatic ring is 1. The van der Waals surface area contributed by atoms with Gasteiger partial charge >= 0.3 is 0 Å². The molecule has 0 aromatic heterocycles. The summed E-state index contributed by atoms with van der Waals surface area (Å²) in [6, 6.07) is 4.55. The van der Waals surface area contributed by atoms with Gasteiger partial charge in [-0.3, -0.25) is 0 Å². The molecular weight excluding hydrogens is 171 g/mol. The summed E-state index contributed by atoms with van der Waals surface area (Å²) in [5.41, 5.74) is 5.35. The van der Waals surface area contributed by atoms with Crippen molar-refractivity contribution in [2.24, 2.45) is 0 Å². The average molecular weight is 180 g/mol. The molecule has 1 rings (SSSR count). The number of hydrogen-bond acceptors (Lipinski definition) is 3. The summed E-state index contributed by atoms with van der Waals surface area (Å²) in [6.07, 6.45) is 0. The van der Waals surface area contributed by atoms with E-state index in [1.54, 1.807) is 13.0 Å². The highest BCUT2D eigenvalue weighted by Gasteiger charge is 2.11. The second kappa shape index (κ2) is 3.76. The topological polar surface area (TPSA) is 59.0 Å². The molecule has 0 saturated heterocycles. The summed E-state index contributed by atoms with van der Waals surface area (Å²) in [5, 5.41) is 8.57. The van der Waals surface area contributed by atoms with Crippen molar-refractivity contribution in [3.05, 3.63) is 23.5 Å². The van der Waals surface area contributed by atoms with E-state index in [9.17, 15) is 4.39 Å². The highest BCUT2D eigenvalue weighted by molar-refractivity contribution is 5.57. The molecule has 0 atom stereocenters. The van der Waals surface area contributed by atoms with Crippen LogP contribution in [0, 0.1) is 17.1 Å². The lowest BCUT2D eigenvalue weighted by molar-refractivity contribution is 0.321. The summed E-state index contributed by atoms with van der Waals surface area (Å²) in [6.45, 7) is 2.09. The average Bonchev–Trinajstić information content (AvgIpc) is 2.11. The van der Waals surface area contributed by atoms with Gasteiger partial charge in [0.1, 0.15) is 11.6 Å². The fraction of sp³-hybridized carbons (Fsp3) is 0.222. The van der Waals surface area contributed by atoms with E-state index >= 15 is 0 Å². The number of nitrogens with two attached hydrogens (primary N) is 1. The number of hydrogen-bond donors (Lipinski definition) is 1. The highest BCUT2D eigenvalue weighted by atomic mass is 19.1. The van der Waals surface area contributed by atoms with E-state index in [0.717, 1.165) is 0 Å². The first-order valence-corrected chi connectivity index (χ1v) is 3.81. The van der Waals surface area contributed by atoms with Crippen molar-refractivity contribution in [1.82, 2.24) is 0 Å². The maximum Gasteiger partial charge on any atom is 0.184 e. The minimum Gasteiger partial charge on any atom is -0.491 e. The first-order chi connectivity index (χ1) is 6.20. The molecule has 0 spiro atoms. The zero-order valence-electron chi connectivity index (χ0n) is 7.17. The van der Waals surface area contributed by atoms with Crippen LogP contribution in [-0.2, 0) is 0 Å². The molecule has 0 amide bonds. The molecule has 68 valence electrons. The molecule has 0 aliphatic rings. The molecule has 1 aromatic carbocycles. The van der Waals surface area contributed by atoms with Gasteiger partial charge in [-0.25, -0.2) is 4.39 Å². The summed E-state index contributed by atoms with van der Waals surface area (Å²) in [4.78, 5) is 0. The van der Waals surface area contributed by atoms with E-state index in [0.29, 0.717) is 6.61 Å². The summed E-state index contributed by atoms with van der Waals surface area (Å²) in [7, 11) is 0. The second-order valence-corrected chi connectivity index (χ2v) is 2.39. The third-order valence-corrected chi connectivity index (χ3v) is 1.55. The molecule has 0 aliphatic heterocycles. The van der Waals surface area contributed by atoms with E-state index in [1.807, 2.05) is 0 Å². The van der Waals surface area contributed by atoms with Crippen LogP contribution in [0.3, 0.4) is 0 Å². The normalized spacial score (nSPS) is 9.31. The maximum absolute atomic E-state index is 13.3. The molecular formula is C9H9FN2O. The molecule has 0 bridgehead atoms. The summed E-state index contributed by atoms with van der Waals surface area (Å²) in [5.74, 6) is -0.627. The molecule has 2 N–H and O–H groups in total. The molecule has 0 saturated carbocycles. The fourth-order valence-corrected chi connectivity index (χ4v) is 0.952. The Bertz CT molecular complexity index is 357. The number of nitrogens with zero attached hydrogens (tertiary/aromatic N) is 1. The van der Waals surface area contributed by atoms with Gasteiger partial charge in [0.15, 0.2) is 11.6 Å². The predicted octanol–water partition coefficient (Wildman–Crippen LogP) is 1.68. The zero-order chi connectivity index (χ0) is 9.84. The van der Waals surface area contributed by atoms with Crippen molar-refractivity contribution in [3.8, 4) is 11.8 Å². The largest absolute Gasteiger partial charge is 0.491 e. The van der Waals surface area contributed by atoms with E-state index in [-0.39, 0.29) is 17.0 Å².